The summed E-state index contributed by atoms with van der Waals surface area (Å²) in [6, 6.07) is 13.5. The molecule has 2 N–H and O–H groups in total. The van der Waals surface area contributed by atoms with Crippen LogP contribution in [0.4, 0.5) is 5.69 Å². The van der Waals surface area contributed by atoms with Gasteiger partial charge in [0.05, 0.1) is 9.92 Å². The maximum Gasteiger partial charge on any atom is 0.341 e. The fraction of sp³-hybridized carbons (Fsp3) is 0.0526. The molecule has 1 aromatic heterocycles. The predicted octanol–water partition coefficient (Wildman–Crippen LogP) is 3.79. The zero-order chi connectivity index (χ0) is 20.9. The van der Waals surface area contributed by atoms with Crippen LogP contribution in [0.25, 0.3) is 0 Å². The monoisotopic (exact) mass is 434 g/mol. The number of carboxylic acid groups (broad SMARTS) is 1. The topological polar surface area (TPSA) is 115 Å². The third-order valence-electron chi connectivity index (χ3n) is 3.56. The Labute approximate surface area is 171 Å². The Hall–Kier alpha value is -3.30. The van der Waals surface area contributed by atoms with E-state index in [2.05, 4.69) is 9.71 Å². The van der Waals surface area contributed by atoms with Crippen LogP contribution in [0, 0.1) is 0 Å². The second-order valence-electron chi connectivity index (χ2n) is 5.69. The minimum absolute atomic E-state index is 0.0183. The van der Waals surface area contributed by atoms with E-state index >= 15 is 0 Å². The van der Waals surface area contributed by atoms with Gasteiger partial charge in [0.15, 0.2) is 6.61 Å². The van der Waals surface area contributed by atoms with Gasteiger partial charge in [-0.2, -0.15) is 0 Å². The molecule has 8 nitrogen and oxygen atoms in total. The molecule has 3 aromatic rings. The lowest BCUT2D eigenvalue weighted by molar-refractivity contribution is -0.139. The van der Waals surface area contributed by atoms with Gasteiger partial charge in [-0.25, -0.2) is 13.2 Å². The van der Waals surface area contributed by atoms with Crippen LogP contribution in [0.5, 0.6) is 17.2 Å². The lowest BCUT2D eigenvalue weighted by atomic mass is 10.3. The molecule has 0 unspecified atom stereocenters. The van der Waals surface area contributed by atoms with Gasteiger partial charge in [-0.15, -0.1) is 0 Å². The number of rotatable bonds is 8. The zero-order valence-electron chi connectivity index (χ0n) is 14.8. The molecule has 1 heterocycles. The van der Waals surface area contributed by atoms with Crippen LogP contribution in [-0.2, 0) is 14.8 Å². The van der Waals surface area contributed by atoms with Crippen molar-refractivity contribution in [2.45, 2.75) is 4.90 Å². The van der Waals surface area contributed by atoms with Gasteiger partial charge in [-0.05, 0) is 54.6 Å². The van der Waals surface area contributed by atoms with Crippen LogP contribution >= 0.6 is 11.6 Å². The van der Waals surface area contributed by atoms with Gasteiger partial charge in [-0.1, -0.05) is 11.6 Å². The zero-order valence-corrected chi connectivity index (χ0v) is 16.4. The summed E-state index contributed by atoms with van der Waals surface area (Å²) in [4.78, 5) is 14.4. The highest BCUT2D eigenvalue weighted by Gasteiger charge is 2.17. The number of pyridine rings is 1. The Balaban J connectivity index is 1.70. The first-order valence-corrected chi connectivity index (χ1v) is 10.0. The summed E-state index contributed by atoms with van der Waals surface area (Å²) in [7, 11) is -3.91. The average molecular weight is 435 g/mol. The summed E-state index contributed by atoms with van der Waals surface area (Å²) in [5.74, 6) is 0.0386. The highest BCUT2D eigenvalue weighted by molar-refractivity contribution is 7.92. The average Bonchev–Trinajstić information content (AvgIpc) is 2.69. The van der Waals surface area contributed by atoms with Crippen LogP contribution < -0.4 is 14.2 Å². The van der Waals surface area contributed by atoms with E-state index in [-0.39, 0.29) is 15.7 Å². The summed E-state index contributed by atoms with van der Waals surface area (Å²) in [6.45, 7) is -0.585. The first-order chi connectivity index (χ1) is 13.8. The Morgan fingerprint density at radius 2 is 1.69 bits per heavy atom. The third kappa shape index (κ3) is 5.59. The Kier molecular flexibility index (Phi) is 6.20. The number of ether oxygens (including phenoxy) is 2. The Morgan fingerprint density at radius 1 is 1.03 bits per heavy atom. The first-order valence-electron chi connectivity index (χ1n) is 8.18. The van der Waals surface area contributed by atoms with Gasteiger partial charge in [0, 0.05) is 18.1 Å². The van der Waals surface area contributed by atoms with Gasteiger partial charge < -0.3 is 14.6 Å². The van der Waals surface area contributed by atoms with Crippen molar-refractivity contribution in [1.29, 1.82) is 0 Å². The highest BCUT2D eigenvalue weighted by Crippen LogP contribution is 2.29. The molecule has 0 fully saturated rings. The summed E-state index contributed by atoms with van der Waals surface area (Å²) in [5, 5.41) is 8.61. The van der Waals surface area contributed by atoms with E-state index in [0.717, 1.165) is 0 Å². The Bertz CT molecular complexity index is 1110. The maximum atomic E-state index is 12.6. The number of anilines is 1. The second-order valence-corrected chi connectivity index (χ2v) is 7.78. The molecule has 29 heavy (non-hydrogen) atoms. The normalized spacial score (nSPS) is 10.9. The van der Waals surface area contributed by atoms with Crippen molar-refractivity contribution in [3.63, 3.8) is 0 Å². The van der Waals surface area contributed by atoms with E-state index in [1.54, 1.807) is 48.8 Å². The Morgan fingerprint density at radius 3 is 2.31 bits per heavy atom. The van der Waals surface area contributed by atoms with Crippen molar-refractivity contribution < 1.29 is 27.8 Å². The number of nitrogens with zero attached hydrogens (tertiary/aromatic N) is 1. The maximum absolute atomic E-state index is 12.6. The van der Waals surface area contributed by atoms with Gasteiger partial charge >= 0.3 is 5.97 Å². The van der Waals surface area contributed by atoms with E-state index in [0.29, 0.717) is 17.2 Å². The van der Waals surface area contributed by atoms with Crippen LogP contribution in [0.15, 0.2) is 71.9 Å². The molecule has 0 saturated heterocycles. The molecule has 10 heteroatoms. The van der Waals surface area contributed by atoms with Crippen LogP contribution in [0.3, 0.4) is 0 Å². The molecule has 0 atom stereocenters. The fourth-order valence-corrected chi connectivity index (χ4v) is 3.64. The molecule has 0 aliphatic rings. The van der Waals surface area contributed by atoms with Gasteiger partial charge in [0.1, 0.15) is 17.2 Å². The quantitative estimate of drug-likeness (QED) is 0.554. The third-order valence-corrected chi connectivity index (χ3v) is 5.23. The molecule has 0 spiro atoms. The largest absolute Gasteiger partial charge is 0.480 e. The van der Waals surface area contributed by atoms with Crippen molar-refractivity contribution in [2.24, 2.45) is 0 Å². The number of nitrogens with one attached hydrogen (secondary N) is 1. The van der Waals surface area contributed by atoms with E-state index in [9.17, 15) is 13.2 Å². The summed E-state index contributed by atoms with van der Waals surface area (Å²) in [5.41, 5.74) is 0.328. The molecule has 2 aromatic carbocycles. The summed E-state index contributed by atoms with van der Waals surface area (Å²) in [6.07, 6.45) is 3.20. The van der Waals surface area contributed by atoms with Crippen molar-refractivity contribution in [3.8, 4) is 17.2 Å². The van der Waals surface area contributed by atoms with Crippen LogP contribution in [-0.4, -0.2) is 31.1 Å². The molecule has 0 saturated carbocycles. The number of carboxylic acids is 1. The van der Waals surface area contributed by atoms with E-state index < -0.39 is 22.6 Å². The number of hydrogen-bond acceptors (Lipinski definition) is 6. The molecule has 0 bridgehead atoms. The van der Waals surface area contributed by atoms with Crippen LogP contribution in [0.2, 0.25) is 5.02 Å². The second kappa shape index (κ2) is 8.80. The number of carbonyl (C=O) groups is 1. The molecular weight excluding hydrogens is 420 g/mol. The van der Waals surface area contributed by atoms with Gasteiger partial charge in [-0.3, -0.25) is 9.71 Å². The van der Waals surface area contributed by atoms with Crippen molar-refractivity contribution in [1.82, 2.24) is 4.98 Å². The highest BCUT2D eigenvalue weighted by atomic mass is 35.5. The standard InChI is InChI=1S/C19H15ClN2O6S/c20-17-11-16(5-6-18(17)27-12-19(23)24)29(25,26)22-13-1-3-14(4-2-13)28-15-7-9-21-10-8-15/h1-11,22H,12H2,(H,23,24). The molecule has 150 valence electrons. The number of hydrogen-bond donors (Lipinski definition) is 2. The number of benzene rings is 2. The predicted molar refractivity (Wildman–Crippen MR) is 106 cm³/mol. The van der Waals surface area contributed by atoms with Crippen LogP contribution in [0.1, 0.15) is 0 Å². The smallest absolute Gasteiger partial charge is 0.341 e. The van der Waals surface area contributed by atoms with Crippen molar-refractivity contribution in [3.05, 3.63) is 72.0 Å². The van der Waals surface area contributed by atoms with E-state index in [1.807, 2.05) is 0 Å². The number of aliphatic carboxylic acids is 1. The SMILES string of the molecule is O=C(O)COc1ccc(S(=O)(=O)Nc2ccc(Oc3ccncc3)cc2)cc1Cl. The van der Waals surface area contributed by atoms with Crippen molar-refractivity contribution >= 4 is 33.3 Å². The minimum Gasteiger partial charge on any atom is -0.480 e. The summed E-state index contributed by atoms with van der Waals surface area (Å²) < 4.78 is 38.2. The van der Waals surface area contributed by atoms with Gasteiger partial charge in [0.2, 0.25) is 0 Å². The number of sulfonamides is 1. The van der Waals surface area contributed by atoms with E-state index in [1.165, 1.54) is 18.2 Å². The first kappa shape index (κ1) is 20.4. The minimum atomic E-state index is -3.91. The number of halogens is 1. The number of aromatic nitrogens is 1. The van der Waals surface area contributed by atoms with Crippen molar-refractivity contribution in [2.75, 3.05) is 11.3 Å². The molecular formula is C19H15ClN2O6S. The molecule has 3 rings (SSSR count). The van der Waals surface area contributed by atoms with Gasteiger partial charge in [0.25, 0.3) is 10.0 Å². The summed E-state index contributed by atoms with van der Waals surface area (Å²) >= 11 is 5.99. The molecule has 0 aliphatic heterocycles. The lowest BCUT2D eigenvalue weighted by Crippen LogP contribution is -2.13. The van der Waals surface area contributed by atoms with E-state index in [4.69, 9.17) is 26.2 Å². The lowest BCUT2D eigenvalue weighted by Gasteiger charge is -2.11. The molecule has 0 radical (unpaired) electrons. The molecule has 0 amide bonds. The fourth-order valence-electron chi connectivity index (χ4n) is 2.25. The molecule has 0 aliphatic carbocycles.